The molecule has 1 atom stereocenters. The maximum atomic E-state index is 12.2. The molecule has 1 aromatic heterocycles. The summed E-state index contributed by atoms with van der Waals surface area (Å²) in [7, 11) is 0. The molecule has 0 aliphatic heterocycles. The number of aromatic nitrogens is 2. The van der Waals surface area contributed by atoms with Crippen LogP contribution in [0.2, 0.25) is 0 Å². The Morgan fingerprint density at radius 2 is 2.60 bits per heavy atom. The summed E-state index contributed by atoms with van der Waals surface area (Å²) in [6, 6.07) is 0. The number of imidazole rings is 1. The molecule has 0 aliphatic carbocycles. The van der Waals surface area contributed by atoms with Crippen molar-refractivity contribution in [3.05, 3.63) is 18.5 Å². The number of hydrogen-bond donors (Lipinski definition) is 1. The summed E-state index contributed by atoms with van der Waals surface area (Å²) in [5, 5.41) is 8.84. The summed E-state index contributed by atoms with van der Waals surface area (Å²) < 4.78 is 13.7. The van der Waals surface area contributed by atoms with Crippen LogP contribution in [0.25, 0.3) is 0 Å². The minimum atomic E-state index is -0.513. The summed E-state index contributed by atoms with van der Waals surface area (Å²) in [6.45, 7) is 2.02. The van der Waals surface area contributed by atoms with E-state index in [9.17, 15) is 4.39 Å². The number of halogens is 1. The van der Waals surface area contributed by atoms with Crippen molar-refractivity contribution in [3.8, 4) is 0 Å². The lowest BCUT2D eigenvalue weighted by Crippen LogP contribution is -2.09. The van der Waals surface area contributed by atoms with Crippen LogP contribution in [0.15, 0.2) is 12.5 Å². The molecule has 0 amide bonds. The molecule has 0 radical (unpaired) electrons. The van der Waals surface area contributed by atoms with E-state index >= 15 is 0 Å². The van der Waals surface area contributed by atoms with Gasteiger partial charge >= 0.3 is 0 Å². The van der Waals surface area contributed by atoms with E-state index in [1.165, 1.54) is 17.1 Å². The molecule has 1 N–H and O–H groups in total. The second kappa shape index (κ2) is 2.79. The van der Waals surface area contributed by atoms with Crippen LogP contribution >= 0.6 is 0 Å². The van der Waals surface area contributed by atoms with E-state index in [1.54, 1.807) is 6.92 Å². The maximum Gasteiger partial charge on any atom is 0.230 e. The lowest BCUT2D eigenvalue weighted by atomic mass is 10.4. The van der Waals surface area contributed by atoms with Gasteiger partial charge in [-0.3, -0.25) is 0 Å². The number of nitrogens with zero attached hydrogens (tertiary/aromatic N) is 2. The zero-order chi connectivity index (χ0) is 7.56. The molecule has 1 aromatic rings. The van der Waals surface area contributed by atoms with E-state index in [4.69, 9.17) is 5.11 Å². The van der Waals surface area contributed by atoms with Crippen LogP contribution in [0.5, 0.6) is 0 Å². The van der Waals surface area contributed by atoms with Gasteiger partial charge in [-0.15, -0.1) is 0 Å². The van der Waals surface area contributed by atoms with E-state index in [0.29, 0.717) is 6.54 Å². The fourth-order valence-electron chi connectivity index (χ4n) is 0.738. The molecule has 0 bridgehead atoms. The number of aliphatic hydroxyl groups is 1. The lowest BCUT2D eigenvalue weighted by molar-refractivity contribution is 0.173. The minimum Gasteiger partial charge on any atom is -0.392 e. The van der Waals surface area contributed by atoms with Gasteiger partial charge in [-0.2, -0.15) is 4.39 Å². The zero-order valence-corrected chi connectivity index (χ0v) is 5.66. The Kier molecular flexibility index (Phi) is 2.01. The zero-order valence-electron chi connectivity index (χ0n) is 5.66. The third kappa shape index (κ3) is 1.80. The van der Waals surface area contributed by atoms with Gasteiger partial charge in [0, 0.05) is 6.54 Å². The molecule has 0 fully saturated rings. The minimum absolute atomic E-state index is 0.386. The van der Waals surface area contributed by atoms with Gasteiger partial charge in [-0.1, -0.05) is 0 Å². The van der Waals surface area contributed by atoms with Gasteiger partial charge in [0.05, 0.1) is 18.6 Å². The van der Waals surface area contributed by atoms with Crippen LogP contribution in [-0.2, 0) is 6.54 Å². The highest BCUT2D eigenvalue weighted by Gasteiger charge is 1.98. The average molecular weight is 144 g/mol. The van der Waals surface area contributed by atoms with Gasteiger partial charge in [-0.25, -0.2) is 4.98 Å². The molecule has 0 saturated carbocycles. The van der Waals surface area contributed by atoms with Gasteiger partial charge in [0.15, 0.2) is 0 Å². The van der Waals surface area contributed by atoms with Gasteiger partial charge in [0.1, 0.15) is 0 Å². The molecule has 56 valence electrons. The SMILES string of the molecule is C[C@@H](O)Cn1cnc(F)c1. The van der Waals surface area contributed by atoms with Crippen molar-refractivity contribution in [1.82, 2.24) is 9.55 Å². The van der Waals surface area contributed by atoms with Gasteiger partial charge in [0.25, 0.3) is 0 Å². The standard InChI is InChI=1S/C6H9FN2O/c1-5(10)2-9-3-6(7)8-4-9/h3-5,10H,2H2,1H3/t5-/m1/s1. The number of hydrogen-bond acceptors (Lipinski definition) is 2. The van der Waals surface area contributed by atoms with Crippen LogP contribution in [0.3, 0.4) is 0 Å². The largest absolute Gasteiger partial charge is 0.392 e. The highest BCUT2D eigenvalue weighted by molar-refractivity contribution is 4.78. The monoisotopic (exact) mass is 144 g/mol. The van der Waals surface area contributed by atoms with Crippen LogP contribution in [0.1, 0.15) is 6.92 Å². The predicted molar refractivity (Wildman–Crippen MR) is 33.9 cm³/mol. The average Bonchev–Trinajstić information content (AvgIpc) is 2.13. The molecule has 0 spiro atoms. The quantitative estimate of drug-likeness (QED) is 0.652. The molecule has 0 saturated heterocycles. The smallest absolute Gasteiger partial charge is 0.230 e. The van der Waals surface area contributed by atoms with Gasteiger partial charge in [0.2, 0.25) is 5.95 Å². The summed E-state index contributed by atoms with van der Waals surface area (Å²) in [4.78, 5) is 3.35. The summed E-state index contributed by atoms with van der Waals surface area (Å²) in [5.74, 6) is -0.513. The predicted octanol–water partition coefficient (Wildman–Crippen LogP) is 0.403. The Labute approximate surface area is 58.1 Å². The van der Waals surface area contributed by atoms with Crippen LogP contribution in [0.4, 0.5) is 4.39 Å². The first-order chi connectivity index (χ1) is 4.68. The summed E-state index contributed by atoms with van der Waals surface area (Å²) in [6.07, 6.45) is 2.13. The molecule has 1 heterocycles. The second-order valence-electron chi connectivity index (χ2n) is 2.24. The molecule has 4 heteroatoms. The summed E-state index contributed by atoms with van der Waals surface area (Å²) >= 11 is 0. The van der Waals surface area contributed by atoms with Crippen molar-refractivity contribution in [2.24, 2.45) is 0 Å². The molecule has 0 aromatic carbocycles. The fourth-order valence-corrected chi connectivity index (χ4v) is 0.738. The van der Waals surface area contributed by atoms with Crippen molar-refractivity contribution >= 4 is 0 Å². The van der Waals surface area contributed by atoms with Gasteiger partial charge < -0.3 is 9.67 Å². The molecule has 3 nitrogen and oxygen atoms in total. The molecule has 1 rings (SSSR count). The van der Waals surface area contributed by atoms with E-state index in [2.05, 4.69) is 4.98 Å². The van der Waals surface area contributed by atoms with Crippen LogP contribution < -0.4 is 0 Å². The van der Waals surface area contributed by atoms with Crippen molar-refractivity contribution in [2.45, 2.75) is 19.6 Å². The molecule has 0 unspecified atom stereocenters. The first kappa shape index (κ1) is 7.21. The highest BCUT2D eigenvalue weighted by atomic mass is 19.1. The Hall–Kier alpha value is -0.900. The Balaban J connectivity index is 2.58. The molecule has 10 heavy (non-hydrogen) atoms. The molecular formula is C6H9FN2O. The Morgan fingerprint density at radius 3 is 3.00 bits per heavy atom. The number of aliphatic hydroxyl groups excluding tert-OH is 1. The van der Waals surface area contributed by atoms with E-state index in [-0.39, 0.29) is 0 Å². The Bertz CT molecular complexity index is 209. The van der Waals surface area contributed by atoms with Crippen molar-refractivity contribution in [3.63, 3.8) is 0 Å². The van der Waals surface area contributed by atoms with Crippen molar-refractivity contribution < 1.29 is 9.50 Å². The first-order valence-electron chi connectivity index (χ1n) is 3.04. The number of rotatable bonds is 2. The van der Waals surface area contributed by atoms with Crippen LogP contribution in [0, 0.1) is 5.95 Å². The van der Waals surface area contributed by atoms with E-state index < -0.39 is 12.1 Å². The third-order valence-electron chi connectivity index (χ3n) is 1.08. The van der Waals surface area contributed by atoms with E-state index in [1.807, 2.05) is 0 Å². The third-order valence-corrected chi connectivity index (χ3v) is 1.08. The van der Waals surface area contributed by atoms with E-state index in [0.717, 1.165) is 0 Å². The maximum absolute atomic E-state index is 12.2. The van der Waals surface area contributed by atoms with Gasteiger partial charge in [-0.05, 0) is 6.92 Å². The first-order valence-corrected chi connectivity index (χ1v) is 3.04. The topological polar surface area (TPSA) is 38.0 Å². The van der Waals surface area contributed by atoms with Crippen molar-refractivity contribution in [2.75, 3.05) is 0 Å². The lowest BCUT2D eigenvalue weighted by Gasteiger charge is -2.02. The highest BCUT2D eigenvalue weighted by Crippen LogP contribution is 1.94. The Morgan fingerprint density at radius 1 is 1.90 bits per heavy atom. The van der Waals surface area contributed by atoms with Crippen molar-refractivity contribution in [1.29, 1.82) is 0 Å². The molecular weight excluding hydrogens is 135 g/mol. The normalized spacial score (nSPS) is 13.5. The fraction of sp³-hybridized carbons (Fsp3) is 0.500. The van der Waals surface area contributed by atoms with Crippen LogP contribution in [-0.4, -0.2) is 20.8 Å². The summed E-state index contributed by atoms with van der Waals surface area (Å²) in [5.41, 5.74) is 0. The second-order valence-corrected chi connectivity index (χ2v) is 2.24. The molecule has 0 aliphatic rings.